The topological polar surface area (TPSA) is 86.9 Å². The van der Waals surface area contributed by atoms with E-state index in [0.717, 1.165) is 22.9 Å². The molecule has 5 rings (SSSR count). The van der Waals surface area contributed by atoms with Crippen molar-refractivity contribution in [3.63, 3.8) is 0 Å². The standard InChI is InChI=1S/C28H24N4O3S2/c1-18(19-10-4-2-5-11-19)32-27(35)23(37-28(32)36)16-21-25(29-17-22(33)20-12-6-3-7-13-20)30-24-14-8-9-15-31(24)26(21)34/h2-16,18,22,29,33H,17H2,1H3. The lowest BCUT2D eigenvalue weighted by molar-refractivity contribution is -0.123. The molecule has 1 fully saturated rings. The molecule has 0 spiro atoms. The average Bonchev–Trinajstić information content (AvgIpc) is 3.21. The summed E-state index contributed by atoms with van der Waals surface area (Å²) in [6, 6.07) is 23.9. The van der Waals surface area contributed by atoms with Crippen molar-refractivity contribution in [3.05, 3.63) is 117 Å². The fourth-order valence-corrected chi connectivity index (χ4v) is 5.58. The minimum Gasteiger partial charge on any atom is -0.387 e. The molecule has 2 aromatic carbocycles. The van der Waals surface area contributed by atoms with Crippen LogP contribution < -0.4 is 10.9 Å². The number of aliphatic hydroxyl groups is 1. The van der Waals surface area contributed by atoms with Crippen molar-refractivity contribution < 1.29 is 9.90 Å². The van der Waals surface area contributed by atoms with Gasteiger partial charge in [0.05, 0.1) is 22.6 Å². The Morgan fingerprint density at radius 3 is 2.35 bits per heavy atom. The maximum absolute atomic E-state index is 13.5. The van der Waals surface area contributed by atoms with Crippen molar-refractivity contribution >= 4 is 51.7 Å². The van der Waals surface area contributed by atoms with Gasteiger partial charge in [-0.25, -0.2) is 4.98 Å². The van der Waals surface area contributed by atoms with Gasteiger partial charge in [-0.2, -0.15) is 0 Å². The molecule has 1 amide bonds. The van der Waals surface area contributed by atoms with Crippen LogP contribution >= 0.6 is 24.0 Å². The predicted octanol–water partition coefficient (Wildman–Crippen LogP) is 4.80. The summed E-state index contributed by atoms with van der Waals surface area (Å²) in [4.78, 5) is 33.4. The van der Waals surface area contributed by atoms with E-state index < -0.39 is 6.10 Å². The molecule has 2 aromatic heterocycles. The number of benzene rings is 2. The number of nitrogens with one attached hydrogen (secondary N) is 1. The normalized spacial score (nSPS) is 16.4. The van der Waals surface area contributed by atoms with E-state index in [9.17, 15) is 14.7 Å². The highest BCUT2D eigenvalue weighted by Crippen LogP contribution is 2.38. The molecule has 2 N–H and O–H groups in total. The molecule has 2 atom stereocenters. The summed E-state index contributed by atoms with van der Waals surface area (Å²) in [6.45, 7) is 2.06. The second kappa shape index (κ2) is 10.7. The largest absolute Gasteiger partial charge is 0.387 e. The number of thiocarbonyl (C=S) groups is 1. The Morgan fingerprint density at radius 2 is 1.65 bits per heavy atom. The van der Waals surface area contributed by atoms with Gasteiger partial charge in [0.25, 0.3) is 11.5 Å². The second-order valence-electron chi connectivity index (χ2n) is 8.55. The van der Waals surface area contributed by atoms with Crippen LogP contribution in [0.1, 0.15) is 35.8 Å². The number of carbonyl (C=O) groups excluding carboxylic acids is 1. The quantitative estimate of drug-likeness (QED) is 0.263. The van der Waals surface area contributed by atoms with E-state index in [0.29, 0.717) is 14.9 Å². The number of rotatable bonds is 7. The number of carbonyl (C=O) groups is 1. The molecule has 7 nitrogen and oxygen atoms in total. The molecule has 0 aliphatic carbocycles. The van der Waals surface area contributed by atoms with Crippen LogP contribution in [0.25, 0.3) is 11.7 Å². The van der Waals surface area contributed by atoms with E-state index in [1.807, 2.05) is 67.6 Å². The van der Waals surface area contributed by atoms with Gasteiger partial charge in [0.1, 0.15) is 15.8 Å². The van der Waals surface area contributed by atoms with Gasteiger partial charge < -0.3 is 10.4 Å². The maximum atomic E-state index is 13.5. The van der Waals surface area contributed by atoms with Gasteiger partial charge in [0.2, 0.25) is 0 Å². The summed E-state index contributed by atoms with van der Waals surface area (Å²) in [5, 5.41) is 13.8. The van der Waals surface area contributed by atoms with E-state index in [1.54, 1.807) is 35.4 Å². The molecule has 37 heavy (non-hydrogen) atoms. The van der Waals surface area contributed by atoms with Crippen LogP contribution in [0, 0.1) is 0 Å². The first kappa shape index (κ1) is 24.9. The molecule has 3 heterocycles. The predicted molar refractivity (Wildman–Crippen MR) is 151 cm³/mol. The SMILES string of the molecule is CC(c1ccccc1)N1C(=O)C(=Cc2c(NCC(O)c3ccccc3)nc3ccccn3c2=O)SC1=S. The zero-order valence-electron chi connectivity index (χ0n) is 19.9. The number of amides is 1. The van der Waals surface area contributed by atoms with Crippen molar-refractivity contribution in [1.29, 1.82) is 0 Å². The van der Waals surface area contributed by atoms with Gasteiger partial charge in [-0.05, 0) is 36.3 Å². The van der Waals surface area contributed by atoms with Crippen molar-refractivity contribution in [2.45, 2.75) is 19.1 Å². The van der Waals surface area contributed by atoms with Crippen LogP contribution in [0.4, 0.5) is 5.82 Å². The number of thioether (sulfide) groups is 1. The average molecular weight is 529 g/mol. The van der Waals surface area contributed by atoms with Crippen LogP contribution in [0.2, 0.25) is 0 Å². The third-order valence-corrected chi connectivity index (χ3v) is 7.51. The number of pyridine rings is 1. The monoisotopic (exact) mass is 528 g/mol. The summed E-state index contributed by atoms with van der Waals surface area (Å²) in [5.74, 6) is 0.0201. The highest BCUT2D eigenvalue weighted by molar-refractivity contribution is 8.26. The number of nitrogens with zero attached hydrogens (tertiary/aromatic N) is 3. The first-order valence-electron chi connectivity index (χ1n) is 11.7. The number of anilines is 1. The second-order valence-corrected chi connectivity index (χ2v) is 10.2. The fourth-order valence-electron chi connectivity index (χ4n) is 4.18. The Bertz CT molecular complexity index is 1550. The van der Waals surface area contributed by atoms with Crippen molar-refractivity contribution in [2.24, 2.45) is 0 Å². The highest BCUT2D eigenvalue weighted by atomic mass is 32.2. The van der Waals surface area contributed by atoms with Gasteiger partial charge in [-0.3, -0.25) is 18.9 Å². The highest BCUT2D eigenvalue weighted by Gasteiger charge is 2.36. The third-order valence-electron chi connectivity index (χ3n) is 6.18. The molecule has 0 saturated carbocycles. The van der Waals surface area contributed by atoms with Gasteiger partial charge in [0.15, 0.2) is 0 Å². The Morgan fingerprint density at radius 1 is 1.00 bits per heavy atom. The summed E-state index contributed by atoms with van der Waals surface area (Å²) in [7, 11) is 0. The zero-order valence-corrected chi connectivity index (χ0v) is 21.6. The molecule has 0 radical (unpaired) electrons. The van der Waals surface area contributed by atoms with Crippen LogP contribution in [-0.4, -0.2) is 36.2 Å². The maximum Gasteiger partial charge on any atom is 0.267 e. The summed E-state index contributed by atoms with van der Waals surface area (Å²) in [5.41, 5.74) is 2.04. The first-order chi connectivity index (χ1) is 17.9. The Balaban J connectivity index is 1.50. The number of hydrogen-bond acceptors (Lipinski definition) is 7. The van der Waals surface area contributed by atoms with Gasteiger partial charge in [-0.1, -0.05) is 90.7 Å². The lowest BCUT2D eigenvalue weighted by atomic mass is 10.1. The van der Waals surface area contributed by atoms with E-state index in [-0.39, 0.29) is 35.4 Å². The number of aromatic nitrogens is 2. The summed E-state index contributed by atoms with van der Waals surface area (Å²) in [6.07, 6.45) is 2.37. The Kier molecular flexibility index (Phi) is 7.18. The molecular formula is C28H24N4O3S2. The lowest BCUT2D eigenvalue weighted by Crippen LogP contribution is -2.31. The number of hydrogen-bond donors (Lipinski definition) is 2. The Labute approximate surface area is 223 Å². The van der Waals surface area contributed by atoms with Crippen LogP contribution in [0.5, 0.6) is 0 Å². The molecule has 9 heteroatoms. The Hall–Kier alpha value is -3.79. The van der Waals surface area contributed by atoms with E-state index in [1.165, 1.54) is 4.40 Å². The molecule has 2 unspecified atom stereocenters. The van der Waals surface area contributed by atoms with Crippen molar-refractivity contribution in [3.8, 4) is 0 Å². The fraction of sp³-hybridized carbons (Fsp3) is 0.143. The van der Waals surface area contributed by atoms with Gasteiger partial charge in [-0.15, -0.1) is 0 Å². The van der Waals surface area contributed by atoms with E-state index in [2.05, 4.69) is 10.3 Å². The van der Waals surface area contributed by atoms with Crippen molar-refractivity contribution in [1.82, 2.24) is 14.3 Å². The molecular weight excluding hydrogens is 504 g/mol. The molecule has 1 aliphatic rings. The summed E-state index contributed by atoms with van der Waals surface area (Å²) < 4.78 is 1.85. The molecule has 1 saturated heterocycles. The van der Waals surface area contributed by atoms with E-state index >= 15 is 0 Å². The smallest absolute Gasteiger partial charge is 0.267 e. The third kappa shape index (κ3) is 5.06. The zero-order chi connectivity index (χ0) is 25.9. The molecule has 1 aliphatic heterocycles. The van der Waals surface area contributed by atoms with Crippen LogP contribution in [0.15, 0.2) is 94.8 Å². The van der Waals surface area contributed by atoms with Gasteiger partial charge >= 0.3 is 0 Å². The minimum atomic E-state index is -0.810. The molecule has 0 bridgehead atoms. The summed E-state index contributed by atoms with van der Waals surface area (Å²) >= 11 is 6.71. The first-order valence-corrected chi connectivity index (χ1v) is 13.0. The number of aliphatic hydroxyl groups excluding tert-OH is 1. The van der Waals surface area contributed by atoms with Crippen molar-refractivity contribution in [2.75, 3.05) is 11.9 Å². The molecule has 4 aromatic rings. The van der Waals surface area contributed by atoms with Gasteiger partial charge in [0, 0.05) is 12.7 Å². The molecule has 186 valence electrons. The van der Waals surface area contributed by atoms with Crippen LogP contribution in [-0.2, 0) is 4.79 Å². The van der Waals surface area contributed by atoms with Crippen LogP contribution in [0.3, 0.4) is 0 Å². The number of fused-ring (bicyclic) bond motifs is 1. The van der Waals surface area contributed by atoms with E-state index in [4.69, 9.17) is 12.2 Å². The minimum absolute atomic E-state index is 0.131. The lowest BCUT2D eigenvalue weighted by Gasteiger charge is -2.23.